The van der Waals surface area contributed by atoms with Crippen LogP contribution >= 0.6 is 0 Å². The van der Waals surface area contributed by atoms with Gasteiger partial charge in [-0.3, -0.25) is 4.79 Å². The van der Waals surface area contributed by atoms with Crippen LogP contribution in [0, 0.1) is 6.92 Å². The average Bonchev–Trinajstić information content (AvgIpc) is 2.95. The molecule has 0 spiro atoms. The summed E-state index contributed by atoms with van der Waals surface area (Å²) in [6, 6.07) is 12.0. The van der Waals surface area contributed by atoms with Crippen molar-refractivity contribution in [3.63, 3.8) is 0 Å². The zero-order valence-corrected chi connectivity index (χ0v) is 15.1. The van der Waals surface area contributed by atoms with Crippen molar-refractivity contribution in [3.05, 3.63) is 47.5 Å². The van der Waals surface area contributed by atoms with Crippen LogP contribution in [0.3, 0.4) is 0 Å². The molecule has 0 aromatic heterocycles. The molecule has 3 rings (SSSR count). The predicted octanol–water partition coefficient (Wildman–Crippen LogP) is 3.40. The highest BCUT2D eigenvalue weighted by Gasteiger charge is 2.30. The van der Waals surface area contributed by atoms with E-state index in [0.29, 0.717) is 11.5 Å². The van der Waals surface area contributed by atoms with Crippen LogP contribution < -0.4 is 19.7 Å². The van der Waals surface area contributed by atoms with Gasteiger partial charge in [-0.1, -0.05) is 18.2 Å². The second kappa shape index (κ2) is 7.05. The monoisotopic (exact) mass is 340 g/mol. The van der Waals surface area contributed by atoms with E-state index in [1.165, 1.54) is 5.56 Å². The molecule has 1 aliphatic heterocycles. The van der Waals surface area contributed by atoms with Crippen LogP contribution in [0.2, 0.25) is 0 Å². The molecular formula is C20H24N2O3. The summed E-state index contributed by atoms with van der Waals surface area (Å²) in [5, 5.41) is 3.24. The summed E-state index contributed by atoms with van der Waals surface area (Å²) in [5.74, 6) is 1.38. The number of benzene rings is 2. The van der Waals surface area contributed by atoms with Crippen LogP contribution in [-0.4, -0.2) is 32.7 Å². The molecule has 25 heavy (non-hydrogen) atoms. The van der Waals surface area contributed by atoms with E-state index in [-0.39, 0.29) is 18.5 Å². The minimum Gasteiger partial charge on any atom is -0.493 e. The molecule has 2 aromatic rings. The van der Waals surface area contributed by atoms with Crippen LogP contribution in [0.15, 0.2) is 36.4 Å². The number of carbonyl (C=O) groups excluding carboxylic acids is 1. The molecule has 1 N–H and O–H groups in total. The van der Waals surface area contributed by atoms with E-state index >= 15 is 0 Å². The average molecular weight is 340 g/mol. The van der Waals surface area contributed by atoms with Crippen molar-refractivity contribution in [2.75, 3.05) is 31.0 Å². The Morgan fingerprint density at radius 1 is 1.20 bits per heavy atom. The molecule has 0 saturated heterocycles. The molecule has 132 valence electrons. The minimum atomic E-state index is 0.0617. The maximum atomic E-state index is 12.8. The fourth-order valence-corrected chi connectivity index (χ4v) is 3.37. The Kier molecular flexibility index (Phi) is 4.83. The molecule has 0 saturated carbocycles. The molecule has 5 heteroatoms. The summed E-state index contributed by atoms with van der Waals surface area (Å²) in [6.45, 7) is 4.29. The van der Waals surface area contributed by atoms with E-state index in [4.69, 9.17) is 9.47 Å². The molecule has 0 fully saturated rings. The van der Waals surface area contributed by atoms with E-state index in [1.54, 1.807) is 14.2 Å². The molecule has 0 unspecified atom stereocenters. The lowest BCUT2D eigenvalue weighted by Crippen LogP contribution is -2.39. The van der Waals surface area contributed by atoms with E-state index < -0.39 is 0 Å². The smallest absolute Gasteiger partial charge is 0.246 e. The quantitative estimate of drug-likeness (QED) is 0.906. The molecule has 0 aliphatic carbocycles. The van der Waals surface area contributed by atoms with Crippen molar-refractivity contribution in [2.45, 2.75) is 26.3 Å². The summed E-state index contributed by atoms with van der Waals surface area (Å²) in [6.07, 6.45) is 0.900. The Bertz CT molecular complexity index is 789. The largest absolute Gasteiger partial charge is 0.493 e. The molecular weight excluding hydrogens is 316 g/mol. The highest BCUT2D eigenvalue weighted by molar-refractivity contribution is 5.98. The van der Waals surface area contributed by atoms with Gasteiger partial charge in [0.1, 0.15) is 0 Å². The van der Waals surface area contributed by atoms with Crippen molar-refractivity contribution < 1.29 is 14.3 Å². The third kappa shape index (κ3) is 3.27. The summed E-state index contributed by atoms with van der Waals surface area (Å²) < 4.78 is 10.6. The Labute approximate surface area is 148 Å². The van der Waals surface area contributed by atoms with Gasteiger partial charge in [-0.15, -0.1) is 0 Å². The van der Waals surface area contributed by atoms with Crippen molar-refractivity contribution in [1.82, 2.24) is 0 Å². The number of amides is 1. The molecule has 0 radical (unpaired) electrons. The summed E-state index contributed by atoms with van der Waals surface area (Å²) in [5.41, 5.74) is 4.11. The van der Waals surface area contributed by atoms with Crippen molar-refractivity contribution in [3.8, 4) is 11.5 Å². The second-order valence-corrected chi connectivity index (χ2v) is 6.32. The van der Waals surface area contributed by atoms with Crippen molar-refractivity contribution >= 4 is 17.3 Å². The number of ether oxygens (including phenoxy) is 2. The standard InChI is InChI=1S/C20H24N2O3/c1-13-9-18(24-3)19(25-4)11-16(13)21-12-20(23)22-14(2)10-15-7-5-6-8-17(15)22/h5-9,11,14,21H,10,12H2,1-4H3/t14-/m1/s1. The number of methoxy groups -OCH3 is 2. The van der Waals surface area contributed by atoms with Gasteiger partial charge in [0.25, 0.3) is 0 Å². The van der Waals surface area contributed by atoms with Gasteiger partial charge in [-0.25, -0.2) is 0 Å². The number of rotatable bonds is 5. The predicted molar refractivity (Wildman–Crippen MR) is 99.9 cm³/mol. The number of fused-ring (bicyclic) bond motifs is 1. The molecule has 0 bridgehead atoms. The van der Waals surface area contributed by atoms with Gasteiger partial charge >= 0.3 is 0 Å². The minimum absolute atomic E-state index is 0.0617. The van der Waals surface area contributed by atoms with Gasteiger partial charge in [0.05, 0.1) is 20.8 Å². The normalized spacial score (nSPS) is 15.7. The number of para-hydroxylation sites is 1. The third-order valence-electron chi connectivity index (χ3n) is 4.64. The van der Waals surface area contributed by atoms with E-state index in [1.807, 2.05) is 42.2 Å². The molecule has 1 amide bonds. The third-order valence-corrected chi connectivity index (χ3v) is 4.64. The highest BCUT2D eigenvalue weighted by atomic mass is 16.5. The maximum Gasteiger partial charge on any atom is 0.246 e. The second-order valence-electron chi connectivity index (χ2n) is 6.32. The summed E-state index contributed by atoms with van der Waals surface area (Å²) in [7, 11) is 3.21. The Morgan fingerprint density at radius 2 is 1.88 bits per heavy atom. The number of anilines is 2. The lowest BCUT2D eigenvalue weighted by molar-refractivity contribution is -0.117. The first-order valence-electron chi connectivity index (χ1n) is 8.41. The van der Waals surface area contributed by atoms with Crippen LogP contribution in [0.4, 0.5) is 11.4 Å². The van der Waals surface area contributed by atoms with Gasteiger partial charge in [-0.2, -0.15) is 0 Å². The number of hydrogen-bond acceptors (Lipinski definition) is 4. The van der Waals surface area contributed by atoms with E-state index in [2.05, 4.69) is 18.3 Å². The number of aryl methyl sites for hydroxylation is 1. The Balaban J connectivity index is 1.75. The summed E-state index contributed by atoms with van der Waals surface area (Å²) >= 11 is 0. The van der Waals surface area contributed by atoms with Crippen LogP contribution in [0.1, 0.15) is 18.1 Å². The molecule has 1 atom stereocenters. The first-order valence-corrected chi connectivity index (χ1v) is 8.41. The topological polar surface area (TPSA) is 50.8 Å². The molecule has 5 nitrogen and oxygen atoms in total. The zero-order valence-electron chi connectivity index (χ0n) is 15.1. The maximum absolute atomic E-state index is 12.8. The fraction of sp³-hybridized carbons (Fsp3) is 0.350. The summed E-state index contributed by atoms with van der Waals surface area (Å²) in [4.78, 5) is 14.7. The van der Waals surface area contributed by atoms with Gasteiger partial charge in [0.2, 0.25) is 5.91 Å². The van der Waals surface area contributed by atoms with E-state index in [0.717, 1.165) is 23.4 Å². The molecule has 2 aromatic carbocycles. The SMILES string of the molecule is COc1cc(C)c(NCC(=O)N2c3ccccc3C[C@H]2C)cc1OC. The lowest BCUT2D eigenvalue weighted by Gasteiger charge is -2.23. The van der Waals surface area contributed by atoms with Gasteiger partial charge in [-0.05, 0) is 43.5 Å². The Morgan fingerprint density at radius 3 is 2.60 bits per heavy atom. The first kappa shape index (κ1) is 17.1. The first-order chi connectivity index (χ1) is 12.0. The van der Waals surface area contributed by atoms with Crippen molar-refractivity contribution in [1.29, 1.82) is 0 Å². The van der Waals surface area contributed by atoms with Crippen LogP contribution in [0.25, 0.3) is 0 Å². The van der Waals surface area contributed by atoms with Crippen LogP contribution in [0.5, 0.6) is 11.5 Å². The molecule has 1 aliphatic rings. The van der Waals surface area contributed by atoms with E-state index in [9.17, 15) is 4.79 Å². The zero-order chi connectivity index (χ0) is 18.0. The number of nitrogens with one attached hydrogen (secondary N) is 1. The molecule has 1 heterocycles. The van der Waals surface area contributed by atoms with Crippen molar-refractivity contribution in [2.24, 2.45) is 0 Å². The number of hydrogen-bond donors (Lipinski definition) is 1. The number of carbonyl (C=O) groups is 1. The lowest BCUT2D eigenvalue weighted by atomic mass is 10.1. The highest BCUT2D eigenvalue weighted by Crippen LogP contribution is 2.34. The van der Waals surface area contributed by atoms with Crippen LogP contribution in [-0.2, 0) is 11.2 Å². The van der Waals surface area contributed by atoms with Gasteiger partial charge < -0.3 is 19.7 Å². The fourth-order valence-electron chi connectivity index (χ4n) is 3.37. The van der Waals surface area contributed by atoms with Gasteiger partial charge in [0, 0.05) is 23.5 Å². The number of nitrogens with zero attached hydrogens (tertiary/aromatic N) is 1. The van der Waals surface area contributed by atoms with Gasteiger partial charge in [0.15, 0.2) is 11.5 Å². The Hall–Kier alpha value is -2.69.